The third-order valence-electron chi connectivity index (χ3n) is 3.89. The first-order valence-electron chi connectivity index (χ1n) is 6.74. The van der Waals surface area contributed by atoms with Gasteiger partial charge >= 0.3 is 11.8 Å². The molecule has 110 valence electrons. The fourth-order valence-corrected chi connectivity index (χ4v) is 2.91. The summed E-state index contributed by atoms with van der Waals surface area (Å²) in [7, 11) is 3.92. The molecule has 0 fully saturated rings. The molecule has 21 heavy (non-hydrogen) atoms. The van der Waals surface area contributed by atoms with Crippen molar-refractivity contribution in [3.05, 3.63) is 41.5 Å². The number of anilines is 1. The summed E-state index contributed by atoms with van der Waals surface area (Å²) in [5.41, 5.74) is 2.32. The standard InChI is InChI=1S/C16H16N2O2.HI/c1-4-18-15(19)11-7-5-6-10-13(17(2)3)9-8-12(14(10)11)16(18)20;/h5-9H,4H2,1-3H3;1H. The van der Waals surface area contributed by atoms with E-state index in [9.17, 15) is 9.59 Å². The molecule has 1 heterocycles. The summed E-state index contributed by atoms with van der Waals surface area (Å²) < 4.78 is 0. The molecule has 1 aliphatic rings. The number of amides is 2. The molecule has 0 spiro atoms. The van der Waals surface area contributed by atoms with Crippen molar-refractivity contribution in [1.29, 1.82) is 0 Å². The van der Waals surface area contributed by atoms with Gasteiger partial charge in [0.15, 0.2) is 0 Å². The van der Waals surface area contributed by atoms with Crippen LogP contribution in [-0.4, -0.2) is 32.5 Å². The Kier molecular flexibility index (Phi) is 4.34. The predicted molar refractivity (Wildman–Crippen MR) is 78.4 cm³/mol. The van der Waals surface area contributed by atoms with Gasteiger partial charge in [0, 0.05) is 30.6 Å². The van der Waals surface area contributed by atoms with Crippen LogP contribution in [-0.2, 0) is 0 Å². The third kappa shape index (κ3) is 2.24. The number of benzene rings is 2. The Morgan fingerprint density at radius 2 is 1.62 bits per heavy atom. The van der Waals surface area contributed by atoms with E-state index in [-0.39, 0.29) is 35.8 Å². The highest BCUT2D eigenvalue weighted by Crippen LogP contribution is 2.32. The second-order valence-electron chi connectivity index (χ2n) is 5.25. The molecule has 0 bridgehead atoms. The summed E-state index contributed by atoms with van der Waals surface area (Å²) in [6, 6.07) is 9.45. The van der Waals surface area contributed by atoms with Gasteiger partial charge in [-0.15, -0.1) is 0 Å². The van der Waals surface area contributed by atoms with Crippen LogP contribution < -0.4 is 33.8 Å². The molecule has 3 rings (SSSR count). The molecule has 4 nitrogen and oxygen atoms in total. The maximum atomic E-state index is 12.5. The van der Waals surface area contributed by atoms with Gasteiger partial charge in [-0.1, -0.05) is 12.1 Å². The molecule has 2 amide bonds. The van der Waals surface area contributed by atoms with Crippen molar-refractivity contribution in [2.24, 2.45) is 0 Å². The first-order chi connectivity index (χ1) is 9.56. The number of carbonyl (C=O) groups excluding carboxylic acids is 2. The quantitative estimate of drug-likeness (QED) is 0.477. The maximum absolute atomic E-state index is 12.5. The van der Waals surface area contributed by atoms with E-state index in [1.807, 2.05) is 56.3 Å². The SMILES string of the molecule is CC[NH+]1C(=O)c2cccc3c(N(C)C)ccc(c23)C1=O.[I-]. The minimum atomic E-state index is -0.119. The lowest BCUT2D eigenvalue weighted by Crippen LogP contribution is -3.17. The number of halogens is 1. The highest BCUT2D eigenvalue weighted by Gasteiger charge is 2.37. The summed E-state index contributed by atoms with van der Waals surface area (Å²) in [6.45, 7) is 2.33. The Balaban J connectivity index is 0.00000161. The summed E-state index contributed by atoms with van der Waals surface area (Å²) in [6.07, 6.45) is 0. The third-order valence-corrected chi connectivity index (χ3v) is 3.89. The zero-order chi connectivity index (χ0) is 14.4. The fraction of sp³-hybridized carbons (Fsp3) is 0.250. The van der Waals surface area contributed by atoms with Crippen molar-refractivity contribution in [3.63, 3.8) is 0 Å². The normalized spacial score (nSPS) is 16.8. The van der Waals surface area contributed by atoms with Gasteiger partial charge in [-0.05, 0) is 25.1 Å². The highest BCUT2D eigenvalue weighted by atomic mass is 127. The summed E-state index contributed by atoms with van der Waals surface area (Å²) >= 11 is 0. The second kappa shape index (κ2) is 5.73. The lowest BCUT2D eigenvalue weighted by molar-refractivity contribution is -0.721. The molecular weight excluding hydrogens is 379 g/mol. The molecule has 1 atom stereocenters. The molecule has 5 heteroatoms. The molecule has 0 radical (unpaired) electrons. The first kappa shape index (κ1) is 15.9. The minimum absolute atomic E-state index is 0. The van der Waals surface area contributed by atoms with Crippen LogP contribution in [0.1, 0.15) is 27.6 Å². The number of rotatable bonds is 2. The van der Waals surface area contributed by atoms with Crippen molar-refractivity contribution < 1.29 is 38.5 Å². The largest absolute Gasteiger partial charge is 1.00 e. The topological polar surface area (TPSA) is 41.8 Å². The van der Waals surface area contributed by atoms with Crippen LogP contribution in [0.15, 0.2) is 30.3 Å². The van der Waals surface area contributed by atoms with Gasteiger partial charge < -0.3 is 28.9 Å². The van der Waals surface area contributed by atoms with E-state index in [4.69, 9.17) is 0 Å². The van der Waals surface area contributed by atoms with Crippen molar-refractivity contribution in [2.45, 2.75) is 6.92 Å². The molecule has 2 aromatic carbocycles. The van der Waals surface area contributed by atoms with Gasteiger partial charge in [-0.2, -0.15) is 0 Å². The van der Waals surface area contributed by atoms with Gasteiger partial charge in [0.05, 0.1) is 17.7 Å². The summed E-state index contributed by atoms with van der Waals surface area (Å²) in [5, 5.41) is 1.76. The van der Waals surface area contributed by atoms with Crippen LogP contribution in [0.2, 0.25) is 0 Å². The molecule has 1 unspecified atom stereocenters. The monoisotopic (exact) mass is 396 g/mol. The van der Waals surface area contributed by atoms with E-state index in [2.05, 4.69) is 0 Å². The van der Waals surface area contributed by atoms with E-state index in [1.165, 1.54) is 0 Å². The van der Waals surface area contributed by atoms with Crippen LogP contribution >= 0.6 is 0 Å². The van der Waals surface area contributed by atoms with Crippen LogP contribution in [0, 0.1) is 0 Å². The maximum Gasteiger partial charge on any atom is 0.352 e. The lowest BCUT2D eigenvalue weighted by atomic mass is 9.93. The number of nitrogens with one attached hydrogen (secondary N) is 1. The fourth-order valence-electron chi connectivity index (χ4n) is 2.91. The van der Waals surface area contributed by atoms with Gasteiger partial charge in [-0.3, -0.25) is 0 Å². The second-order valence-corrected chi connectivity index (χ2v) is 5.25. The minimum Gasteiger partial charge on any atom is -1.00 e. The summed E-state index contributed by atoms with van der Waals surface area (Å²) in [4.78, 5) is 27.3. The number of carbonyl (C=O) groups is 2. The molecule has 1 N–H and O–H groups in total. The van der Waals surface area contributed by atoms with E-state index in [0.717, 1.165) is 16.5 Å². The highest BCUT2D eigenvalue weighted by molar-refractivity contribution is 6.20. The van der Waals surface area contributed by atoms with Crippen LogP contribution in [0.4, 0.5) is 5.69 Å². The zero-order valence-corrected chi connectivity index (χ0v) is 14.4. The van der Waals surface area contributed by atoms with Gasteiger partial charge in [0.25, 0.3) is 0 Å². The number of hydrogen-bond donors (Lipinski definition) is 1. The molecular formula is C16H17IN2O2. The van der Waals surface area contributed by atoms with Gasteiger partial charge in [-0.25, -0.2) is 14.5 Å². The average molecular weight is 396 g/mol. The molecule has 0 saturated carbocycles. The number of quaternary nitrogens is 1. The Morgan fingerprint density at radius 3 is 2.19 bits per heavy atom. The number of imide groups is 1. The molecule has 0 aromatic heterocycles. The first-order valence-corrected chi connectivity index (χ1v) is 6.74. The van der Waals surface area contributed by atoms with Crippen molar-refractivity contribution in [1.82, 2.24) is 0 Å². The predicted octanol–water partition coefficient (Wildman–Crippen LogP) is -1.89. The van der Waals surface area contributed by atoms with E-state index in [1.54, 1.807) is 0 Å². The Morgan fingerprint density at radius 1 is 1.00 bits per heavy atom. The number of nitrogens with zero attached hydrogens (tertiary/aromatic N) is 1. The Bertz CT molecular complexity index is 718. The molecule has 0 saturated heterocycles. The smallest absolute Gasteiger partial charge is 0.352 e. The van der Waals surface area contributed by atoms with Crippen LogP contribution in [0.25, 0.3) is 10.8 Å². The lowest BCUT2D eigenvalue weighted by Gasteiger charge is -2.23. The summed E-state index contributed by atoms with van der Waals surface area (Å²) in [5.74, 6) is -0.238. The molecule has 0 aliphatic carbocycles. The zero-order valence-electron chi connectivity index (χ0n) is 12.2. The van der Waals surface area contributed by atoms with Crippen molar-refractivity contribution in [2.75, 3.05) is 25.5 Å². The average Bonchev–Trinajstić information content (AvgIpc) is 2.44. The van der Waals surface area contributed by atoms with Crippen molar-refractivity contribution >= 4 is 28.3 Å². The van der Waals surface area contributed by atoms with E-state index in [0.29, 0.717) is 22.6 Å². The Hall–Kier alpha value is -1.47. The molecule has 2 aromatic rings. The Labute approximate surface area is 140 Å². The van der Waals surface area contributed by atoms with Gasteiger partial charge in [0.2, 0.25) is 0 Å². The van der Waals surface area contributed by atoms with Gasteiger partial charge in [0.1, 0.15) is 0 Å². The van der Waals surface area contributed by atoms with Crippen molar-refractivity contribution in [3.8, 4) is 0 Å². The van der Waals surface area contributed by atoms with E-state index < -0.39 is 0 Å². The number of hydrogen-bond acceptors (Lipinski definition) is 3. The van der Waals surface area contributed by atoms with Crippen LogP contribution in [0.3, 0.4) is 0 Å². The van der Waals surface area contributed by atoms with E-state index >= 15 is 0 Å². The molecule has 1 aliphatic heterocycles. The van der Waals surface area contributed by atoms with Crippen LogP contribution in [0.5, 0.6) is 0 Å².